The number of halogens is 1. The molecule has 6 nitrogen and oxygen atoms in total. The predicted molar refractivity (Wildman–Crippen MR) is 125 cm³/mol. The third-order valence-corrected chi connectivity index (χ3v) is 6.62. The molecule has 1 heterocycles. The van der Waals surface area contributed by atoms with Crippen LogP contribution in [0.1, 0.15) is 51.6 Å². The number of hydrogen-bond acceptors (Lipinski definition) is 4. The molecule has 1 fully saturated rings. The van der Waals surface area contributed by atoms with Gasteiger partial charge < -0.3 is 20.5 Å². The average molecular weight is 439 g/mol. The molecule has 0 spiro atoms. The Balaban J connectivity index is 2.15. The van der Waals surface area contributed by atoms with E-state index in [4.69, 9.17) is 21.3 Å². The molecule has 0 radical (unpaired) electrons. The minimum atomic E-state index is 0.0451. The van der Waals surface area contributed by atoms with Gasteiger partial charge in [0, 0.05) is 44.4 Å². The van der Waals surface area contributed by atoms with E-state index in [1.165, 1.54) is 0 Å². The minimum absolute atomic E-state index is 0.0451. The number of aliphatic imine (C=N–C) groups is 1. The number of morpholine rings is 1. The summed E-state index contributed by atoms with van der Waals surface area (Å²) < 4.78 is 5.55. The smallest absolute Gasteiger partial charge is 0.191 e. The van der Waals surface area contributed by atoms with E-state index in [-0.39, 0.29) is 18.1 Å². The molecule has 7 heteroatoms. The Morgan fingerprint density at radius 3 is 2.50 bits per heavy atom. The van der Waals surface area contributed by atoms with Crippen molar-refractivity contribution in [2.75, 3.05) is 52.5 Å². The van der Waals surface area contributed by atoms with Crippen molar-refractivity contribution < 1.29 is 9.84 Å². The molecule has 2 rings (SSSR count). The Kier molecular flexibility index (Phi) is 10.9. The molecule has 1 aliphatic rings. The Labute approximate surface area is 187 Å². The maximum absolute atomic E-state index is 9.50. The zero-order valence-electron chi connectivity index (χ0n) is 18.8. The normalized spacial score (nSPS) is 17.0. The Morgan fingerprint density at radius 1 is 1.20 bits per heavy atom. The van der Waals surface area contributed by atoms with E-state index >= 15 is 0 Å². The number of hydrogen-bond donors (Lipinski definition) is 3. The van der Waals surface area contributed by atoms with Gasteiger partial charge in [-0.15, -0.1) is 0 Å². The predicted octanol–water partition coefficient (Wildman–Crippen LogP) is 3.46. The van der Waals surface area contributed by atoms with Crippen LogP contribution in [0.15, 0.2) is 29.3 Å². The summed E-state index contributed by atoms with van der Waals surface area (Å²) in [6.45, 7) is 12.1. The maximum Gasteiger partial charge on any atom is 0.191 e. The lowest BCUT2D eigenvalue weighted by Gasteiger charge is -2.35. The Bertz CT molecular complexity index is 646. The molecule has 3 N–H and O–H groups in total. The van der Waals surface area contributed by atoms with E-state index in [0.717, 1.165) is 68.7 Å². The van der Waals surface area contributed by atoms with Gasteiger partial charge in [0.2, 0.25) is 0 Å². The summed E-state index contributed by atoms with van der Waals surface area (Å²) in [5, 5.41) is 17.2. The summed E-state index contributed by atoms with van der Waals surface area (Å²) >= 11 is 6.55. The van der Waals surface area contributed by atoms with Gasteiger partial charge in [-0.2, -0.15) is 0 Å². The molecule has 0 aromatic heterocycles. The Hall–Kier alpha value is -1.34. The third-order valence-electron chi connectivity index (χ3n) is 6.27. The zero-order chi connectivity index (χ0) is 21.8. The van der Waals surface area contributed by atoms with Crippen LogP contribution in [-0.2, 0) is 4.74 Å². The maximum atomic E-state index is 9.50. The quantitative estimate of drug-likeness (QED) is 0.364. The van der Waals surface area contributed by atoms with E-state index in [1.807, 2.05) is 18.2 Å². The van der Waals surface area contributed by atoms with Gasteiger partial charge >= 0.3 is 0 Å². The largest absolute Gasteiger partial charge is 0.396 e. The molecule has 0 amide bonds. The van der Waals surface area contributed by atoms with Crippen LogP contribution in [0.5, 0.6) is 0 Å². The van der Waals surface area contributed by atoms with Crippen molar-refractivity contribution in [3.63, 3.8) is 0 Å². The van der Waals surface area contributed by atoms with Crippen molar-refractivity contribution in [3.8, 4) is 0 Å². The molecule has 1 unspecified atom stereocenters. The fraction of sp³-hybridized carbons (Fsp3) is 0.696. The summed E-state index contributed by atoms with van der Waals surface area (Å²) in [7, 11) is 0. The van der Waals surface area contributed by atoms with E-state index < -0.39 is 0 Å². The van der Waals surface area contributed by atoms with Gasteiger partial charge in [-0.3, -0.25) is 9.89 Å². The molecule has 1 saturated heterocycles. The van der Waals surface area contributed by atoms with E-state index in [2.05, 4.69) is 42.4 Å². The topological polar surface area (TPSA) is 69.1 Å². The second-order valence-electron chi connectivity index (χ2n) is 7.94. The summed E-state index contributed by atoms with van der Waals surface area (Å²) in [6, 6.07) is 8.22. The third kappa shape index (κ3) is 7.12. The van der Waals surface area contributed by atoms with Gasteiger partial charge in [0.25, 0.3) is 0 Å². The number of ether oxygens (including phenoxy) is 1. The molecule has 0 saturated carbocycles. The van der Waals surface area contributed by atoms with Crippen LogP contribution < -0.4 is 10.6 Å². The van der Waals surface area contributed by atoms with Crippen LogP contribution in [0.4, 0.5) is 0 Å². The molecule has 30 heavy (non-hydrogen) atoms. The SMILES string of the molecule is CCNC(=NCC(CC)(CC)CCO)NCC(c1ccccc1Cl)N1CCOCC1. The van der Waals surface area contributed by atoms with E-state index in [9.17, 15) is 5.11 Å². The van der Waals surface area contributed by atoms with Crippen LogP contribution in [0.3, 0.4) is 0 Å². The van der Waals surface area contributed by atoms with Crippen LogP contribution in [0, 0.1) is 5.41 Å². The molecule has 1 aromatic carbocycles. The first-order valence-electron chi connectivity index (χ1n) is 11.3. The number of aliphatic hydroxyl groups excluding tert-OH is 1. The lowest BCUT2D eigenvalue weighted by Crippen LogP contribution is -2.46. The average Bonchev–Trinajstić information content (AvgIpc) is 2.78. The molecule has 1 aliphatic heterocycles. The van der Waals surface area contributed by atoms with E-state index in [0.29, 0.717) is 13.1 Å². The van der Waals surface area contributed by atoms with Crippen LogP contribution >= 0.6 is 11.6 Å². The van der Waals surface area contributed by atoms with Gasteiger partial charge in [0.05, 0.1) is 19.3 Å². The molecule has 0 bridgehead atoms. The molecular formula is C23H39ClN4O2. The van der Waals surface area contributed by atoms with Crippen molar-refractivity contribution in [2.45, 2.75) is 46.1 Å². The monoisotopic (exact) mass is 438 g/mol. The van der Waals surface area contributed by atoms with Crippen molar-refractivity contribution >= 4 is 17.6 Å². The fourth-order valence-electron chi connectivity index (χ4n) is 4.00. The second-order valence-corrected chi connectivity index (χ2v) is 8.35. The van der Waals surface area contributed by atoms with Crippen molar-refractivity contribution in [1.82, 2.24) is 15.5 Å². The summed E-state index contributed by atoms with van der Waals surface area (Å²) in [6.07, 6.45) is 2.78. The highest BCUT2D eigenvalue weighted by Crippen LogP contribution is 2.31. The van der Waals surface area contributed by atoms with Gasteiger partial charge in [-0.05, 0) is 43.2 Å². The highest BCUT2D eigenvalue weighted by molar-refractivity contribution is 6.31. The van der Waals surface area contributed by atoms with Crippen LogP contribution in [0.2, 0.25) is 5.02 Å². The number of nitrogens with zero attached hydrogens (tertiary/aromatic N) is 2. The summed E-state index contributed by atoms with van der Waals surface area (Å²) in [5.41, 5.74) is 1.17. The first-order chi connectivity index (χ1) is 14.6. The number of aliphatic hydroxyl groups is 1. The van der Waals surface area contributed by atoms with Crippen molar-refractivity contribution in [1.29, 1.82) is 0 Å². The molecule has 170 valence electrons. The van der Waals surface area contributed by atoms with Gasteiger partial charge in [0.15, 0.2) is 5.96 Å². The van der Waals surface area contributed by atoms with Gasteiger partial charge in [0.1, 0.15) is 0 Å². The molecular weight excluding hydrogens is 400 g/mol. The Morgan fingerprint density at radius 2 is 1.90 bits per heavy atom. The van der Waals surface area contributed by atoms with Crippen molar-refractivity contribution in [3.05, 3.63) is 34.9 Å². The molecule has 1 aromatic rings. The van der Waals surface area contributed by atoms with E-state index in [1.54, 1.807) is 0 Å². The lowest BCUT2D eigenvalue weighted by atomic mass is 9.79. The second kappa shape index (κ2) is 13.2. The lowest BCUT2D eigenvalue weighted by molar-refractivity contribution is 0.0170. The minimum Gasteiger partial charge on any atom is -0.396 e. The number of guanidine groups is 1. The number of benzene rings is 1. The number of rotatable bonds is 11. The van der Waals surface area contributed by atoms with Gasteiger partial charge in [-0.1, -0.05) is 43.6 Å². The summed E-state index contributed by atoms with van der Waals surface area (Å²) in [5.74, 6) is 0.812. The van der Waals surface area contributed by atoms with Gasteiger partial charge in [-0.25, -0.2) is 0 Å². The highest BCUT2D eigenvalue weighted by Gasteiger charge is 2.27. The summed E-state index contributed by atoms with van der Waals surface area (Å²) in [4.78, 5) is 7.31. The molecule has 1 atom stereocenters. The van der Waals surface area contributed by atoms with Crippen LogP contribution in [0.25, 0.3) is 0 Å². The number of nitrogens with one attached hydrogen (secondary N) is 2. The van der Waals surface area contributed by atoms with Crippen LogP contribution in [-0.4, -0.2) is 68.5 Å². The molecule has 0 aliphatic carbocycles. The fourth-order valence-corrected chi connectivity index (χ4v) is 4.26. The standard InChI is InChI=1S/C23H39ClN4O2/c1-4-23(5-2,11-14-29)18-27-22(25-6-3)26-17-21(28-12-15-30-16-13-28)19-9-7-8-10-20(19)24/h7-10,21,29H,4-6,11-18H2,1-3H3,(H2,25,26,27). The highest BCUT2D eigenvalue weighted by atomic mass is 35.5. The van der Waals surface area contributed by atoms with Crippen molar-refractivity contribution in [2.24, 2.45) is 10.4 Å². The zero-order valence-corrected chi connectivity index (χ0v) is 19.5. The first kappa shape index (κ1) is 24.9. The first-order valence-corrected chi connectivity index (χ1v) is 11.7.